The normalized spacial score (nSPS) is 10.5. The van der Waals surface area contributed by atoms with Gasteiger partial charge in [0.1, 0.15) is 23.2 Å². The van der Waals surface area contributed by atoms with E-state index in [-0.39, 0.29) is 23.7 Å². The number of hydrogen-bond acceptors (Lipinski definition) is 3. The molecule has 0 N–H and O–H groups in total. The molecule has 0 aliphatic rings. The number of carbonyl (C=O) groups is 1. The highest BCUT2D eigenvalue weighted by Gasteiger charge is 2.11. The Kier molecular flexibility index (Phi) is 6.42. The highest BCUT2D eigenvalue weighted by Crippen LogP contribution is 2.21. The lowest BCUT2D eigenvalue weighted by molar-refractivity contribution is -0.117. The summed E-state index contributed by atoms with van der Waals surface area (Å²) in [4.78, 5) is 10.7. The number of rotatable bonds is 8. The van der Waals surface area contributed by atoms with E-state index in [0.717, 1.165) is 18.6 Å². The maximum atomic E-state index is 13.5. The van der Waals surface area contributed by atoms with Crippen LogP contribution in [-0.4, -0.2) is 19.5 Å². The zero-order chi connectivity index (χ0) is 14.3. The molecule has 1 aromatic carbocycles. The standard InChI is InChI=1S/C14H18F2O3/c1-10(17)5-3-4-6-19-9-12-13(15)7-11(18-2)8-14(12)16/h7-8H,3-6,9H2,1-2H3. The summed E-state index contributed by atoms with van der Waals surface area (Å²) in [6, 6.07) is 2.25. The second-order valence-corrected chi connectivity index (χ2v) is 4.28. The summed E-state index contributed by atoms with van der Waals surface area (Å²) in [6.07, 6.45) is 1.93. The third-order valence-corrected chi connectivity index (χ3v) is 2.66. The van der Waals surface area contributed by atoms with Crippen molar-refractivity contribution in [3.8, 4) is 5.75 Å². The van der Waals surface area contributed by atoms with Crippen LogP contribution in [0.15, 0.2) is 12.1 Å². The first-order valence-electron chi connectivity index (χ1n) is 6.13. The topological polar surface area (TPSA) is 35.5 Å². The molecule has 0 aromatic heterocycles. The van der Waals surface area contributed by atoms with E-state index in [2.05, 4.69) is 0 Å². The van der Waals surface area contributed by atoms with E-state index in [9.17, 15) is 13.6 Å². The third kappa shape index (κ3) is 5.34. The SMILES string of the molecule is COc1cc(F)c(COCCCCC(C)=O)c(F)c1. The molecule has 3 nitrogen and oxygen atoms in total. The van der Waals surface area contributed by atoms with Crippen LogP contribution >= 0.6 is 0 Å². The molecule has 0 aliphatic heterocycles. The number of carbonyl (C=O) groups excluding carboxylic acids is 1. The van der Waals surface area contributed by atoms with Crippen LogP contribution in [0.1, 0.15) is 31.7 Å². The molecule has 1 aromatic rings. The number of ketones is 1. The van der Waals surface area contributed by atoms with E-state index in [1.165, 1.54) is 14.0 Å². The second-order valence-electron chi connectivity index (χ2n) is 4.28. The molecule has 0 fully saturated rings. The van der Waals surface area contributed by atoms with Crippen molar-refractivity contribution < 1.29 is 23.0 Å². The summed E-state index contributed by atoms with van der Waals surface area (Å²) < 4.78 is 37.0. The van der Waals surface area contributed by atoms with E-state index < -0.39 is 11.6 Å². The van der Waals surface area contributed by atoms with Crippen molar-refractivity contribution in [3.05, 3.63) is 29.3 Å². The Hall–Kier alpha value is -1.49. The molecule has 0 saturated carbocycles. The Morgan fingerprint density at radius 1 is 1.21 bits per heavy atom. The van der Waals surface area contributed by atoms with Gasteiger partial charge in [0, 0.05) is 30.7 Å². The molecular formula is C14H18F2O3. The number of hydrogen-bond donors (Lipinski definition) is 0. The van der Waals surface area contributed by atoms with Crippen molar-refractivity contribution in [2.24, 2.45) is 0 Å². The summed E-state index contributed by atoms with van der Waals surface area (Å²) in [5.74, 6) is -1.09. The van der Waals surface area contributed by atoms with Gasteiger partial charge in [0.15, 0.2) is 0 Å². The van der Waals surface area contributed by atoms with E-state index in [1.54, 1.807) is 0 Å². The highest BCUT2D eigenvalue weighted by atomic mass is 19.1. The van der Waals surface area contributed by atoms with Gasteiger partial charge in [-0.05, 0) is 19.8 Å². The van der Waals surface area contributed by atoms with Gasteiger partial charge >= 0.3 is 0 Å². The van der Waals surface area contributed by atoms with E-state index in [0.29, 0.717) is 19.4 Å². The number of Topliss-reactive ketones (excluding diaryl/α,β-unsaturated/α-hetero) is 1. The molecule has 0 amide bonds. The summed E-state index contributed by atoms with van der Waals surface area (Å²) in [5.41, 5.74) is -0.104. The van der Waals surface area contributed by atoms with Gasteiger partial charge in [-0.3, -0.25) is 0 Å². The van der Waals surface area contributed by atoms with Crippen molar-refractivity contribution in [1.82, 2.24) is 0 Å². The Morgan fingerprint density at radius 2 is 1.84 bits per heavy atom. The number of unbranched alkanes of at least 4 members (excludes halogenated alkanes) is 1. The molecule has 0 heterocycles. The molecule has 1 rings (SSSR count). The molecule has 0 aliphatic carbocycles. The molecule has 0 saturated heterocycles. The lowest BCUT2D eigenvalue weighted by Crippen LogP contribution is -2.02. The molecule has 19 heavy (non-hydrogen) atoms. The van der Waals surface area contributed by atoms with Crippen molar-refractivity contribution in [2.75, 3.05) is 13.7 Å². The fourth-order valence-electron chi connectivity index (χ4n) is 1.59. The highest BCUT2D eigenvalue weighted by molar-refractivity contribution is 5.75. The minimum Gasteiger partial charge on any atom is -0.497 e. The zero-order valence-electron chi connectivity index (χ0n) is 11.2. The predicted octanol–water partition coefficient (Wildman–Crippen LogP) is 3.25. The van der Waals surface area contributed by atoms with Crippen LogP contribution in [0.4, 0.5) is 8.78 Å². The maximum Gasteiger partial charge on any atom is 0.135 e. The number of ether oxygens (including phenoxy) is 2. The molecular weight excluding hydrogens is 254 g/mol. The van der Waals surface area contributed by atoms with Crippen LogP contribution in [0, 0.1) is 11.6 Å². The number of halogens is 2. The van der Waals surface area contributed by atoms with Crippen LogP contribution in [0.5, 0.6) is 5.75 Å². The molecule has 106 valence electrons. The van der Waals surface area contributed by atoms with Gasteiger partial charge in [-0.15, -0.1) is 0 Å². The minimum atomic E-state index is -0.680. The Bertz CT molecular complexity index is 410. The van der Waals surface area contributed by atoms with Crippen LogP contribution in [0.25, 0.3) is 0 Å². The fraction of sp³-hybridized carbons (Fsp3) is 0.500. The molecule has 0 bridgehead atoms. The zero-order valence-corrected chi connectivity index (χ0v) is 11.2. The van der Waals surface area contributed by atoms with Gasteiger partial charge < -0.3 is 14.3 Å². The molecule has 0 unspecified atom stereocenters. The van der Waals surface area contributed by atoms with Crippen molar-refractivity contribution in [3.63, 3.8) is 0 Å². The van der Waals surface area contributed by atoms with Gasteiger partial charge in [-0.2, -0.15) is 0 Å². The van der Waals surface area contributed by atoms with Crippen molar-refractivity contribution >= 4 is 5.78 Å². The first-order valence-corrected chi connectivity index (χ1v) is 6.13. The largest absolute Gasteiger partial charge is 0.497 e. The Labute approximate surface area is 111 Å². The molecule has 5 heteroatoms. The average molecular weight is 272 g/mol. The average Bonchev–Trinajstić information content (AvgIpc) is 2.35. The Morgan fingerprint density at radius 3 is 2.37 bits per heavy atom. The lowest BCUT2D eigenvalue weighted by Gasteiger charge is -2.08. The lowest BCUT2D eigenvalue weighted by atomic mass is 10.2. The third-order valence-electron chi connectivity index (χ3n) is 2.66. The van der Waals surface area contributed by atoms with Gasteiger partial charge in [-0.1, -0.05) is 0 Å². The maximum absolute atomic E-state index is 13.5. The van der Waals surface area contributed by atoms with Crippen LogP contribution in [-0.2, 0) is 16.1 Å². The van der Waals surface area contributed by atoms with E-state index >= 15 is 0 Å². The minimum absolute atomic E-state index is 0.104. The monoisotopic (exact) mass is 272 g/mol. The smallest absolute Gasteiger partial charge is 0.135 e. The summed E-state index contributed by atoms with van der Waals surface area (Å²) in [5, 5.41) is 0. The van der Waals surface area contributed by atoms with Gasteiger partial charge in [0.2, 0.25) is 0 Å². The van der Waals surface area contributed by atoms with Crippen LogP contribution in [0.3, 0.4) is 0 Å². The van der Waals surface area contributed by atoms with E-state index in [4.69, 9.17) is 9.47 Å². The fourth-order valence-corrected chi connectivity index (χ4v) is 1.59. The van der Waals surface area contributed by atoms with E-state index in [1.807, 2.05) is 0 Å². The Balaban J connectivity index is 2.39. The molecule has 0 radical (unpaired) electrons. The van der Waals surface area contributed by atoms with Crippen LogP contribution in [0.2, 0.25) is 0 Å². The number of benzene rings is 1. The molecule has 0 spiro atoms. The van der Waals surface area contributed by atoms with Gasteiger partial charge in [0.05, 0.1) is 13.7 Å². The van der Waals surface area contributed by atoms with Crippen molar-refractivity contribution in [1.29, 1.82) is 0 Å². The van der Waals surface area contributed by atoms with Crippen LogP contribution < -0.4 is 4.74 Å². The quantitative estimate of drug-likeness (QED) is 0.681. The molecule has 0 atom stereocenters. The first-order chi connectivity index (χ1) is 9.04. The first kappa shape index (κ1) is 15.6. The van der Waals surface area contributed by atoms with Gasteiger partial charge in [0.25, 0.3) is 0 Å². The van der Waals surface area contributed by atoms with Crippen molar-refractivity contribution in [2.45, 2.75) is 32.8 Å². The number of methoxy groups -OCH3 is 1. The second kappa shape index (κ2) is 7.84. The summed E-state index contributed by atoms with van der Waals surface area (Å²) in [6.45, 7) is 1.78. The predicted molar refractivity (Wildman–Crippen MR) is 67.1 cm³/mol. The summed E-state index contributed by atoms with van der Waals surface area (Å²) in [7, 11) is 1.35. The van der Waals surface area contributed by atoms with Gasteiger partial charge in [-0.25, -0.2) is 8.78 Å². The summed E-state index contributed by atoms with van der Waals surface area (Å²) >= 11 is 0.